The van der Waals surface area contributed by atoms with Crippen molar-refractivity contribution in [3.8, 4) is 5.75 Å². The van der Waals surface area contributed by atoms with Gasteiger partial charge in [-0.25, -0.2) is 4.68 Å². The predicted molar refractivity (Wildman–Crippen MR) is 109 cm³/mol. The third kappa shape index (κ3) is 4.45. The summed E-state index contributed by atoms with van der Waals surface area (Å²) in [7, 11) is 1.67. The van der Waals surface area contributed by atoms with Crippen LogP contribution >= 0.6 is 0 Å². The molecule has 1 amide bonds. The van der Waals surface area contributed by atoms with Crippen molar-refractivity contribution in [1.82, 2.24) is 25.1 Å². The number of amides is 1. The summed E-state index contributed by atoms with van der Waals surface area (Å²) in [5, 5.41) is 11.2. The first-order valence-corrected chi connectivity index (χ1v) is 9.99. The third-order valence-corrected chi connectivity index (χ3v) is 5.45. The van der Waals surface area contributed by atoms with Crippen molar-refractivity contribution in [3.63, 3.8) is 0 Å². The van der Waals surface area contributed by atoms with E-state index in [2.05, 4.69) is 27.7 Å². The zero-order valence-corrected chi connectivity index (χ0v) is 16.6. The van der Waals surface area contributed by atoms with Gasteiger partial charge in [-0.1, -0.05) is 37.1 Å². The van der Waals surface area contributed by atoms with Gasteiger partial charge in [-0.15, -0.1) is 5.10 Å². The lowest BCUT2D eigenvalue weighted by Crippen LogP contribution is -2.34. The number of hydrogen-bond acceptors (Lipinski definition) is 5. The van der Waals surface area contributed by atoms with Gasteiger partial charge in [0.25, 0.3) is 5.91 Å². The molecule has 1 aliphatic heterocycles. The lowest BCUT2D eigenvalue weighted by Gasteiger charge is -2.31. The fourth-order valence-electron chi connectivity index (χ4n) is 3.88. The number of benzene rings is 2. The Balaban J connectivity index is 1.53. The quantitative estimate of drug-likeness (QED) is 0.666. The van der Waals surface area contributed by atoms with Gasteiger partial charge in [-0.05, 0) is 58.7 Å². The molecule has 7 nitrogen and oxygen atoms in total. The normalized spacial score (nSPS) is 17.0. The maximum atomic E-state index is 13.4. The molecule has 2 heterocycles. The fraction of sp³-hybridized carbons (Fsp3) is 0.364. The van der Waals surface area contributed by atoms with Crippen LogP contribution in [-0.2, 0) is 6.54 Å². The highest BCUT2D eigenvalue weighted by molar-refractivity contribution is 5.94. The molecule has 1 fully saturated rings. The molecule has 0 radical (unpaired) electrons. The van der Waals surface area contributed by atoms with Crippen LogP contribution in [0.3, 0.4) is 0 Å². The molecule has 0 N–H and O–H groups in total. The van der Waals surface area contributed by atoms with Gasteiger partial charge in [-0.2, -0.15) is 0 Å². The molecule has 0 saturated carbocycles. The molecule has 1 aromatic heterocycles. The van der Waals surface area contributed by atoms with Gasteiger partial charge in [-0.3, -0.25) is 4.79 Å². The Morgan fingerprint density at radius 2 is 1.86 bits per heavy atom. The first kappa shape index (κ1) is 19.1. The highest BCUT2D eigenvalue weighted by atomic mass is 16.5. The van der Waals surface area contributed by atoms with Crippen LogP contribution in [0.4, 0.5) is 0 Å². The largest absolute Gasteiger partial charge is 0.497 e. The minimum absolute atomic E-state index is 0.0849. The lowest BCUT2D eigenvalue weighted by atomic mass is 9.99. The molecule has 1 aliphatic rings. The van der Waals surface area contributed by atoms with Gasteiger partial charge < -0.3 is 9.64 Å². The van der Waals surface area contributed by atoms with E-state index in [9.17, 15) is 4.79 Å². The average molecular weight is 391 g/mol. The molecule has 0 bridgehead atoms. The van der Waals surface area contributed by atoms with Gasteiger partial charge in [0.2, 0.25) is 0 Å². The smallest absolute Gasteiger partial charge is 0.254 e. The number of hydrogen-bond donors (Lipinski definition) is 0. The van der Waals surface area contributed by atoms with Crippen molar-refractivity contribution in [3.05, 3.63) is 71.5 Å². The molecular formula is C22H25N5O2. The Morgan fingerprint density at radius 1 is 1.07 bits per heavy atom. The SMILES string of the molecule is COc1ccc([C@H]2CCCCCN2C(=O)c2ccc(Cn3cnnn3)cc2)cc1. The maximum Gasteiger partial charge on any atom is 0.254 e. The van der Waals surface area contributed by atoms with E-state index in [1.165, 1.54) is 0 Å². The van der Waals surface area contributed by atoms with Crippen LogP contribution in [0, 0.1) is 0 Å². The van der Waals surface area contributed by atoms with E-state index in [0.717, 1.165) is 49.1 Å². The average Bonchev–Trinajstić information content (AvgIpc) is 3.15. The number of methoxy groups -OCH3 is 1. The van der Waals surface area contributed by atoms with Gasteiger partial charge in [0, 0.05) is 12.1 Å². The molecule has 0 unspecified atom stereocenters. The van der Waals surface area contributed by atoms with Crippen LogP contribution in [0.1, 0.15) is 53.2 Å². The van der Waals surface area contributed by atoms with Gasteiger partial charge in [0.1, 0.15) is 12.1 Å². The number of carbonyl (C=O) groups excluding carboxylic acids is 1. The van der Waals surface area contributed by atoms with E-state index in [0.29, 0.717) is 12.1 Å². The second-order valence-corrected chi connectivity index (χ2v) is 7.34. The highest BCUT2D eigenvalue weighted by Gasteiger charge is 2.27. The summed E-state index contributed by atoms with van der Waals surface area (Å²) >= 11 is 0. The molecule has 4 rings (SSSR count). The zero-order valence-electron chi connectivity index (χ0n) is 16.6. The molecule has 150 valence electrons. The first-order chi connectivity index (χ1) is 14.2. The number of rotatable bonds is 5. The molecule has 0 spiro atoms. The van der Waals surface area contributed by atoms with Crippen LogP contribution in [0.2, 0.25) is 0 Å². The Hall–Kier alpha value is -3.22. The Morgan fingerprint density at radius 3 is 2.55 bits per heavy atom. The number of nitrogens with zero attached hydrogens (tertiary/aromatic N) is 5. The van der Waals surface area contributed by atoms with E-state index in [1.54, 1.807) is 18.1 Å². The summed E-state index contributed by atoms with van der Waals surface area (Å²) in [6.45, 7) is 1.36. The van der Waals surface area contributed by atoms with E-state index in [-0.39, 0.29) is 11.9 Å². The second-order valence-electron chi connectivity index (χ2n) is 7.34. The predicted octanol–water partition coefficient (Wildman–Crippen LogP) is 3.49. The number of aromatic nitrogens is 4. The zero-order chi connectivity index (χ0) is 20.1. The summed E-state index contributed by atoms with van der Waals surface area (Å²) < 4.78 is 6.94. The van der Waals surface area contributed by atoms with Gasteiger partial charge >= 0.3 is 0 Å². The minimum atomic E-state index is 0.0849. The molecule has 1 atom stereocenters. The van der Waals surface area contributed by atoms with Crippen LogP contribution in [-0.4, -0.2) is 44.7 Å². The van der Waals surface area contributed by atoms with Crippen molar-refractivity contribution in [2.45, 2.75) is 38.3 Å². The van der Waals surface area contributed by atoms with Crippen molar-refractivity contribution >= 4 is 5.91 Å². The summed E-state index contributed by atoms with van der Waals surface area (Å²) in [4.78, 5) is 15.4. The number of ether oxygens (including phenoxy) is 1. The van der Waals surface area contributed by atoms with Gasteiger partial charge in [0.05, 0.1) is 19.7 Å². The molecule has 1 saturated heterocycles. The summed E-state index contributed by atoms with van der Waals surface area (Å²) in [5.74, 6) is 0.917. The Kier molecular flexibility index (Phi) is 5.84. The van der Waals surface area contributed by atoms with Crippen molar-refractivity contribution in [2.24, 2.45) is 0 Å². The van der Waals surface area contributed by atoms with Crippen molar-refractivity contribution in [2.75, 3.05) is 13.7 Å². The molecule has 0 aliphatic carbocycles. The van der Waals surface area contributed by atoms with Crippen LogP contribution < -0.4 is 4.74 Å². The molecule has 3 aromatic rings. The third-order valence-electron chi connectivity index (χ3n) is 5.45. The van der Waals surface area contributed by atoms with Crippen molar-refractivity contribution in [1.29, 1.82) is 0 Å². The summed E-state index contributed by atoms with van der Waals surface area (Å²) in [5.41, 5.74) is 2.93. The molecule has 29 heavy (non-hydrogen) atoms. The molecule has 7 heteroatoms. The van der Waals surface area contributed by atoms with Crippen LogP contribution in [0.25, 0.3) is 0 Å². The van der Waals surface area contributed by atoms with E-state index in [4.69, 9.17) is 4.74 Å². The standard InChI is InChI=1S/C22H25N5O2/c1-29-20-12-10-18(11-13-20)21-5-3-2-4-14-27(21)22(28)19-8-6-17(7-9-19)15-26-16-23-24-25-26/h6-13,16,21H,2-5,14-15H2,1H3/t21-/m1/s1. The number of carbonyl (C=O) groups is 1. The minimum Gasteiger partial charge on any atom is -0.497 e. The van der Waals surface area contributed by atoms with E-state index >= 15 is 0 Å². The van der Waals surface area contributed by atoms with Crippen molar-refractivity contribution < 1.29 is 9.53 Å². The first-order valence-electron chi connectivity index (χ1n) is 9.99. The summed E-state index contributed by atoms with van der Waals surface area (Å²) in [6.07, 6.45) is 5.88. The molecular weight excluding hydrogens is 366 g/mol. The number of tetrazole rings is 1. The van der Waals surface area contributed by atoms with Gasteiger partial charge in [0.15, 0.2) is 0 Å². The fourth-order valence-corrected chi connectivity index (χ4v) is 3.88. The maximum absolute atomic E-state index is 13.4. The Labute approximate surface area is 170 Å². The monoisotopic (exact) mass is 391 g/mol. The second kappa shape index (κ2) is 8.86. The lowest BCUT2D eigenvalue weighted by molar-refractivity contribution is 0.0681. The van der Waals surface area contributed by atoms with Crippen LogP contribution in [0.5, 0.6) is 5.75 Å². The highest BCUT2D eigenvalue weighted by Crippen LogP contribution is 2.32. The number of likely N-dealkylation sites (tertiary alicyclic amines) is 1. The Bertz CT molecular complexity index is 923. The topological polar surface area (TPSA) is 73.1 Å². The van der Waals surface area contributed by atoms with E-state index in [1.807, 2.05) is 41.3 Å². The van der Waals surface area contributed by atoms with E-state index < -0.39 is 0 Å². The van der Waals surface area contributed by atoms with Crippen LogP contribution in [0.15, 0.2) is 54.9 Å². The summed E-state index contributed by atoms with van der Waals surface area (Å²) in [6, 6.07) is 15.9. The molecule has 2 aromatic carbocycles.